The van der Waals surface area contributed by atoms with Crippen LogP contribution in [-0.4, -0.2) is 43.8 Å². The van der Waals surface area contributed by atoms with Crippen LogP contribution in [0.15, 0.2) is 29.2 Å². The second-order valence-corrected chi connectivity index (χ2v) is 6.81. The van der Waals surface area contributed by atoms with E-state index >= 15 is 0 Å². The van der Waals surface area contributed by atoms with Crippen molar-refractivity contribution < 1.29 is 22.4 Å². The number of rotatable bonds is 4. The number of halogens is 1. The molecule has 2 atom stereocenters. The van der Waals surface area contributed by atoms with Crippen molar-refractivity contribution in [3.8, 4) is 0 Å². The Morgan fingerprint density at radius 3 is 2.36 bits per heavy atom. The topological polar surface area (TPSA) is 110 Å². The molecule has 0 unspecified atom stereocenters. The standard InChI is InChI=1S/C13H16FN3O4S/c1-8(18)17-7-10(6-12(17)13(15)19)16-22(20,21)11-4-2-9(14)3-5-11/h2-5,10,12,16H,6-7H2,1H3,(H2,15,19)/t10-,12-/m0/s1. The summed E-state index contributed by atoms with van der Waals surface area (Å²) >= 11 is 0. The molecule has 1 aromatic carbocycles. The average molecular weight is 329 g/mol. The lowest BCUT2D eigenvalue weighted by Crippen LogP contribution is -2.42. The highest BCUT2D eigenvalue weighted by Gasteiger charge is 2.38. The Hall–Kier alpha value is -2.00. The molecule has 7 nitrogen and oxygen atoms in total. The van der Waals surface area contributed by atoms with Crippen LogP contribution in [0.1, 0.15) is 13.3 Å². The second kappa shape index (κ2) is 6.01. The van der Waals surface area contributed by atoms with Crippen LogP contribution in [0.4, 0.5) is 4.39 Å². The number of benzene rings is 1. The van der Waals surface area contributed by atoms with Crippen molar-refractivity contribution in [1.29, 1.82) is 0 Å². The third-order valence-electron chi connectivity index (χ3n) is 3.48. The Morgan fingerprint density at radius 1 is 1.32 bits per heavy atom. The molecule has 0 spiro atoms. The number of carbonyl (C=O) groups is 2. The number of nitrogens with two attached hydrogens (primary N) is 1. The number of carbonyl (C=O) groups excluding carboxylic acids is 2. The largest absolute Gasteiger partial charge is 0.368 e. The summed E-state index contributed by atoms with van der Waals surface area (Å²) in [6.45, 7) is 1.34. The molecule has 22 heavy (non-hydrogen) atoms. The third-order valence-corrected chi connectivity index (χ3v) is 5.02. The van der Waals surface area contributed by atoms with Gasteiger partial charge in [0.05, 0.1) is 4.90 Å². The van der Waals surface area contributed by atoms with Crippen molar-refractivity contribution in [2.45, 2.75) is 30.3 Å². The van der Waals surface area contributed by atoms with Gasteiger partial charge in [0.2, 0.25) is 21.8 Å². The quantitative estimate of drug-likeness (QED) is 0.781. The molecule has 2 amide bonds. The maximum absolute atomic E-state index is 12.8. The summed E-state index contributed by atoms with van der Waals surface area (Å²) in [5, 5.41) is 0. The first-order chi connectivity index (χ1) is 10.2. The SMILES string of the molecule is CC(=O)N1C[C@@H](NS(=O)(=O)c2ccc(F)cc2)C[C@H]1C(N)=O. The van der Waals surface area contributed by atoms with Gasteiger partial charge in [-0.3, -0.25) is 9.59 Å². The molecule has 0 radical (unpaired) electrons. The van der Waals surface area contributed by atoms with Gasteiger partial charge in [-0.15, -0.1) is 0 Å². The van der Waals surface area contributed by atoms with Crippen molar-refractivity contribution in [2.75, 3.05) is 6.54 Å². The van der Waals surface area contributed by atoms with Crippen LogP contribution < -0.4 is 10.5 Å². The molecule has 0 bridgehead atoms. The first kappa shape index (κ1) is 16.4. The van der Waals surface area contributed by atoms with Gasteiger partial charge < -0.3 is 10.6 Å². The fraction of sp³-hybridized carbons (Fsp3) is 0.385. The Balaban J connectivity index is 2.15. The Labute approximate surface area is 127 Å². The van der Waals surface area contributed by atoms with Crippen molar-refractivity contribution in [2.24, 2.45) is 5.73 Å². The van der Waals surface area contributed by atoms with Crippen LogP contribution in [0.25, 0.3) is 0 Å². The molecule has 9 heteroatoms. The van der Waals surface area contributed by atoms with E-state index in [0.717, 1.165) is 24.3 Å². The molecule has 1 aliphatic rings. The summed E-state index contributed by atoms with van der Waals surface area (Å²) in [7, 11) is -3.87. The highest BCUT2D eigenvalue weighted by molar-refractivity contribution is 7.89. The molecule has 1 aromatic rings. The van der Waals surface area contributed by atoms with Gasteiger partial charge in [0.1, 0.15) is 11.9 Å². The molecule has 3 N–H and O–H groups in total. The van der Waals surface area contributed by atoms with E-state index in [1.807, 2.05) is 0 Å². The van der Waals surface area contributed by atoms with Gasteiger partial charge in [-0.2, -0.15) is 0 Å². The van der Waals surface area contributed by atoms with Gasteiger partial charge >= 0.3 is 0 Å². The maximum Gasteiger partial charge on any atom is 0.240 e. The lowest BCUT2D eigenvalue weighted by atomic mass is 10.2. The summed E-state index contributed by atoms with van der Waals surface area (Å²) in [5.74, 6) is -1.58. The van der Waals surface area contributed by atoms with E-state index in [-0.39, 0.29) is 23.8 Å². The summed E-state index contributed by atoms with van der Waals surface area (Å²) in [5.41, 5.74) is 5.23. The maximum atomic E-state index is 12.8. The fourth-order valence-electron chi connectivity index (χ4n) is 2.44. The summed E-state index contributed by atoms with van der Waals surface area (Å²) in [6, 6.07) is 2.89. The molecule has 1 aliphatic heterocycles. The van der Waals surface area contributed by atoms with Gasteiger partial charge in [0.15, 0.2) is 0 Å². The molecular formula is C13H16FN3O4S. The van der Waals surface area contributed by atoms with Crippen LogP contribution in [0.5, 0.6) is 0 Å². The number of nitrogens with zero attached hydrogens (tertiary/aromatic N) is 1. The fourth-order valence-corrected chi connectivity index (χ4v) is 3.68. The number of hydrogen-bond donors (Lipinski definition) is 2. The molecule has 2 rings (SSSR count). The van der Waals surface area contributed by atoms with E-state index in [0.29, 0.717) is 0 Å². The van der Waals surface area contributed by atoms with Crippen molar-refractivity contribution in [1.82, 2.24) is 9.62 Å². The number of likely N-dealkylation sites (tertiary alicyclic amines) is 1. The number of hydrogen-bond acceptors (Lipinski definition) is 4. The van der Waals surface area contributed by atoms with E-state index in [2.05, 4.69) is 4.72 Å². The van der Waals surface area contributed by atoms with Crippen LogP contribution in [-0.2, 0) is 19.6 Å². The molecule has 0 saturated carbocycles. The van der Waals surface area contributed by atoms with Gasteiger partial charge in [-0.25, -0.2) is 17.5 Å². The first-order valence-electron chi connectivity index (χ1n) is 6.55. The van der Waals surface area contributed by atoms with E-state index in [4.69, 9.17) is 5.73 Å². The zero-order valence-electron chi connectivity index (χ0n) is 11.8. The highest BCUT2D eigenvalue weighted by Crippen LogP contribution is 2.20. The molecule has 0 aliphatic carbocycles. The minimum atomic E-state index is -3.87. The summed E-state index contributed by atoms with van der Waals surface area (Å²) in [6.07, 6.45) is 0.106. The van der Waals surface area contributed by atoms with Gasteiger partial charge in [0.25, 0.3) is 0 Å². The number of nitrogens with one attached hydrogen (secondary N) is 1. The number of sulfonamides is 1. The molecule has 1 saturated heterocycles. The van der Waals surface area contributed by atoms with E-state index in [1.54, 1.807) is 0 Å². The second-order valence-electron chi connectivity index (χ2n) is 5.10. The molecular weight excluding hydrogens is 313 g/mol. The smallest absolute Gasteiger partial charge is 0.240 e. The molecule has 0 aromatic heterocycles. The Bertz CT molecular complexity index is 668. The first-order valence-corrected chi connectivity index (χ1v) is 8.03. The lowest BCUT2D eigenvalue weighted by molar-refractivity contribution is -0.135. The van der Waals surface area contributed by atoms with Gasteiger partial charge in [-0.05, 0) is 30.7 Å². The van der Waals surface area contributed by atoms with Crippen LogP contribution in [0, 0.1) is 5.82 Å². The minimum Gasteiger partial charge on any atom is -0.368 e. The van der Waals surface area contributed by atoms with E-state index in [1.165, 1.54) is 11.8 Å². The average Bonchev–Trinajstić information content (AvgIpc) is 2.82. The Kier molecular flexibility index (Phi) is 4.47. The van der Waals surface area contributed by atoms with Crippen molar-refractivity contribution >= 4 is 21.8 Å². The van der Waals surface area contributed by atoms with Crippen molar-refractivity contribution in [3.63, 3.8) is 0 Å². The highest BCUT2D eigenvalue weighted by atomic mass is 32.2. The number of primary amides is 1. The lowest BCUT2D eigenvalue weighted by Gasteiger charge is -2.19. The molecule has 1 heterocycles. The Morgan fingerprint density at radius 2 is 1.91 bits per heavy atom. The van der Waals surface area contributed by atoms with Crippen LogP contribution in [0.3, 0.4) is 0 Å². The third kappa shape index (κ3) is 3.42. The van der Waals surface area contributed by atoms with Crippen molar-refractivity contribution in [3.05, 3.63) is 30.1 Å². The molecule has 1 fully saturated rings. The van der Waals surface area contributed by atoms with Crippen LogP contribution in [0.2, 0.25) is 0 Å². The van der Waals surface area contributed by atoms with Crippen LogP contribution >= 0.6 is 0 Å². The van der Waals surface area contributed by atoms with Gasteiger partial charge in [0, 0.05) is 19.5 Å². The predicted octanol–water partition coefficient (Wildman–Crippen LogP) is -0.421. The molecule has 120 valence electrons. The van der Waals surface area contributed by atoms with E-state index < -0.39 is 33.8 Å². The van der Waals surface area contributed by atoms with Gasteiger partial charge in [-0.1, -0.05) is 0 Å². The number of amides is 2. The monoisotopic (exact) mass is 329 g/mol. The predicted molar refractivity (Wildman–Crippen MR) is 75.5 cm³/mol. The summed E-state index contributed by atoms with van der Waals surface area (Å²) < 4.78 is 39.7. The minimum absolute atomic E-state index is 0.0589. The zero-order chi connectivity index (χ0) is 16.5. The zero-order valence-corrected chi connectivity index (χ0v) is 12.6. The normalized spacial score (nSPS) is 21.8. The van der Waals surface area contributed by atoms with E-state index in [9.17, 15) is 22.4 Å². The summed E-state index contributed by atoms with van der Waals surface area (Å²) in [4.78, 5) is 24.0.